The molecular formula is C25H32N2O2. The quantitative estimate of drug-likeness (QED) is 0.728. The zero-order valence-electron chi connectivity index (χ0n) is 17.8. The summed E-state index contributed by atoms with van der Waals surface area (Å²) in [4.78, 5) is 17.4. The third-order valence-electron chi connectivity index (χ3n) is 6.03. The van der Waals surface area contributed by atoms with Crippen molar-refractivity contribution >= 4 is 6.09 Å². The van der Waals surface area contributed by atoms with Crippen molar-refractivity contribution in [1.29, 1.82) is 0 Å². The molecule has 0 aliphatic carbocycles. The van der Waals surface area contributed by atoms with Gasteiger partial charge < -0.3 is 9.64 Å². The van der Waals surface area contributed by atoms with Crippen LogP contribution < -0.4 is 0 Å². The lowest BCUT2D eigenvalue weighted by Gasteiger charge is -2.37. The molecule has 2 aliphatic heterocycles. The van der Waals surface area contributed by atoms with E-state index in [0.29, 0.717) is 5.92 Å². The van der Waals surface area contributed by atoms with Crippen molar-refractivity contribution in [3.8, 4) is 0 Å². The van der Waals surface area contributed by atoms with Crippen molar-refractivity contribution < 1.29 is 9.53 Å². The van der Waals surface area contributed by atoms with Gasteiger partial charge in [0, 0.05) is 19.6 Å². The Morgan fingerprint density at radius 3 is 2.10 bits per heavy atom. The Balaban J connectivity index is 1.59. The predicted molar refractivity (Wildman–Crippen MR) is 116 cm³/mol. The van der Waals surface area contributed by atoms with Gasteiger partial charge in [-0.05, 0) is 50.7 Å². The Kier molecular flexibility index (Phi) is 5.64. The summed E-state index contributed by atoms with van der Waals surface area (Å²) >= 11 is 0. The largest absolute Gasteiger partial charge is 0.444 e. The molecule has 1 amide bonds. The standard InChI is InChI=1S/C25H32N2O2/c1-25(2,3)29-24(28)27-16-10-15-21-17-26(18-22(21)27)23(19-11-6-4-7-12-19)20-13-8-5-9-14-20/h4-9,11-14,21-23H,10,15-18H2,1-3H3. The van der Waals surface area contributed by atoms with Crippen molar-refractivity contribution in [2.24, 2.45) is 5.92 Å². The molecule has 4 heteroatoms. The third kappa shape index (κ3) is 4.48. The van der Waals surface area contributed by atoms with Gasteiger partial charge in [-0.3, -0.25) is 4.90 Å². The van der Waals surface area contributed by atoms with E-state index in [4.69, 9.17) is 4.74 Å². The fourth-order valence-electron chi connectivity index (χ4n) is 4.86. The van der Waals surface area contributed by atoms with Gasteiger partial charge in [0.1, 0.15) is 5.60 Å². The van der Waals surface area contributed by atoms with Crippen LogP contribution in [-0.2, 0) is 4.74 Å². The lowest BCUT2D eigenvalue weighted by molar-refractivity contribution is 0.00612. The Hall–Kier alpha value is -2.33. The summed E-state index contributed by atoms with van der Waals surface area (Å²) in [5.41, 5.74) is 2.15. The number of likely N-dealkylation sites (tertiary alicyclic amines) is 2. The summed E-state index contributed by atoms with van der Waals surface area (Å²) in [6.45, 7) is 8.51. The van der Waals surface area contributed by atoms with Gasteiger partial charge in [-0.2, -0.15) is 0 Å². The molecule has 2 unspecified atom stereocenters. The predicted octanol–water partition coefficient (Wildman–Crippen LogP) is 5.11. The van der Waals surface area contributed by atoms with Gasteiger partial charge in [0.25, 0.3) is 0 Å². The molecule has 154 valence electrons. The first-order valence-corrected chi connectivity index (χ1v) is 10.8. The third-order valence-corrected chi connectivity index (χ3v) is 6.03. The van der Waals surface area contributed by atoms with Crippen LogP contribution in [0.4, 0.5) is 4.79 Å². The molecule has 0 aromatic heterocycles. The molecule has 2 aromatic carbocycles. The van der Waals surface area contributed by atoms with Crippen LogP contribution >= 0.6 is 0 Å². The normalized spacial score (nSPS) is 22.6. The Bertz CT molecular complexity index is 776. The molecular weight excluding hydrogens is 360 g/mol. The van der Waals surface area contributed by atoms with Crippen LogP contribution in [0, 0.1) is 5.92 Å². The lowest BCUT2D eigenvalue weighted by atomic mass is 9.92. The minimum Gasteiger partial charge on any atom is -0.444 e. The first-order valence-electron chi connectivity index (χ1n) is 10.8. The molecule has 0 spiro atoms. The zero-order valence-corrected chi connectivity index (χ0v) is 17.8. The van der Waals surface area contributed by atoms with Crippen LogP contribution in [0.3, 0.4) is 0 Å². The number of fused-ring (bicyclic) bond motifs is 1. The maximum atomic E-state index is 12.9. The van der Waals surface area contributed by atoms with Crippen molar-refractivity contribution in [2.45, 2.75) is 51.3 Å². The van der Waals surface area contributed by atoms with Crippen molar-refractivity contribution in [1.82, 2.24) is 9.80 Å². The summed E-state index contributed by atoms with van der Waals surface area (Å²) in [7, 11) is 0. The number of rotatable bonds is 3. The molecule has 2 fully saturated rings. The minimum absolute atomic E-state index is 0.162. The van der Waals surface area contributed by atoms with E-state index in [2.05, 4.69) is 65.6 Å². The van der Waals surface area contributed by atoms with Gasteiger partial charge in [0.05, 0.1) is 12.1 Å². The number of hydrogen-bond acceptors (Lipinski definition) is 3. The molecule has 2 aliphatic rings. The van der Waals surface area contributed by atoms with Crippen LogP contribution in [-0.4, -0.2) is 47.2 Å². The van der Waals surface area contributed by atoms with E-state index in [1.54, 1.807) is 0 Å². The molecule has 2 aromatic rings. The second-order valence-electron chi connectivity index (χ2n) is 9.32. The Labute approximate surface area is 174 Å². The summed E-state index contributed by atoms with van der Waals surface area (Å²) < 4.78 is 5.72. The number of carbonyl (C=O) groups excluding carboxylic acids is 1. The lowest BCUT2D eigenvalue weighted by Crippen LogP contribution is -2.50. The smallest absolute Gasteiger partial charge is 0.410 e. The number of amides is 1. The first-order chi connectivity index (χ1) is 13.9. The van der Waals surface area contributed by atoms with Gasteiger partial charge >= 0.3 is 6.09 Å². The molecule has 4 nitrogen and oxygen atoms in total. The molecule has 2 saturated heterocycles. The average molecular weight is 393 g/mol. The van der Waals surface area contributed by atoms with Crippen LogP contribution in [0.2, 0.25) is 0 Å². The highest BCUT2D eigenvalue weighted by molar-refractivity contribution is 5.69. The number of piperidine rings is 1. The van der Waals surface area contributed by atoms with E-state index >= 15 is 0 Å². The monoisotopic (exact) mass is 392 g/mol. The van der Waals surface area contributed by atoms with Gasteiger partial charge in [-0.1, -0.05) is 60.7 Å². The molecule has 0 saturated carbocycles. The second-order valence-corrected chi connectivity index (χ2v) is 9.32. The summed E-state index contributed by atoms with van der Waals surface area (Å²) in [5.74, 6) is 0.506. The Morgan fingerprint density at radius 2 is 1.55 bits per heavy atom. The number of benzene rings is 2. The van der Waals surface area contributed by atoms with E-state index in [1.165, 1.54) is 17.5 Å². The maximum absolute atomic E-state index is 12.9. The van der Waals surface area contributed by atoms with Crippen molar-refractivity contribution in [2.75, 3.05) is 19.6 Å². The fourth-order valence-corrected chi connectivity index (χ4v) is 4.86. The molecule has 4 rings (SSSR count). The zero-order chi connectivity index (χ0) is 20.4. The summed E-state index contributed by atoms with van der Waals surface area (Å²) in [5, 5.41) is 0. The van der Waals surface area contributed by atoms with Crippen LogP contribution in [0.15, 0.2) is 60.7 Å². The van der Waals surface area contributed by atoms with E-state index in [-0.39, 0.29) is 18.2 Å². The van der Waals surface area contributed by atoms with E-state index in [0.717, 1.165) is 26.1 Å². The van der Waals surface area contributed by atoms with Crippen molar-refractivity contribution in [3.05, 3.63) is 71.8 Å². The molecule has 29 heavy (non-hydrogen) atoms. The van der Waals surface area contributed by atoms with Crippen LogP contribution in [0.25, 0.3) is 0 Å². The van der Waals surface area contributed by atoms with Gasteiger partial charge in [0.15, 0.2) is 0 Å². The highest BCUT2D eigenvalue weighted by atomic mass is 16.6. The molecule has 2 atom stereocenters. The molecule has 0 N–H and O–H groups in total. The minimum atomic E-state index is -0.459. The number of hydrogen-bond donors (Lipinski definition) is 0. The highest BCUT2D eigenvalue weighted by Crippen LogP contribution is 2.38. The van der Waals surface area contributed by atoms with E-state index in [1.807, 2.05) is 25.7 Å². The van der Waals surface area contributed by atoms with E-state index < -0.39 is 5.60 Å². The number of ether oxygens (including phenoxy) is 1. The molecule has 2 heterocycles. The maximum Gasteiger partial charge on any atom is 0.410 e. The van der Waals surface area contributed by atoms with E-state index in [9.17, 15) is 4.79 Å². The number of nitrogens with zero attached hydrogens (tertiary/aromatic N) is 2. The van der Waals surface area contributed by atoms with Crippen molar-refractivity contribution in [3.63, 3.8) is 0 Å². The Morgan fingerprint density at radius 1 is 0.966 bits per heavy atom. The highest BCUT2D eigenvalue weighted by Gasteiger charge is 2.44. The SMILES string of the molecule is CC(C)(C)OC(=O)N1CCCC2CN(C(c3ccccc3)c3ccccc3)CC21. The number of carbonyl (C=O) groups is 1. The van der Waals surface area contributed by atoms with Crippen LogP contribution in [0.1, 0.15) is 50.8 Å². The summed E-state index contributed by atoms with van der Waals surface area (Å²) in [6.07, 6.45) is 2.07. The average Bonchev–Trinajstić information content (AvgIpc) is 3.12. The van der Waals surface area contributed by atoms with Gasteiger partial charge in [-0.15, -0.1) is 0 Å². The van der Waals surface area contributed by atoms with Crippen LogP contribution in [0.5, 0.6) is 0 Å². The summed E-state index contributed by atoms with van der Waals surface area (Å²) in [6, 6.07) is 21.9. The fraction of sp³-hybridized carbons (Fsp3) is 0.480. The topological polar surface area (TPSA) is 32.8 Å². The van der Waals surface area contributed by atoms with Gasteiger partial charge in [0.2, 0.25) is 0 Å². The molecule has 0 radical (unpaired) electrons. The second kappa shape index (κ2) is 8.19. The molecule has 0 bridgehead atoms. The van der Waals surface area contributed by atoms with Gasteiger partial charge in [-0.25, -0.2) is 4.79 Å². The first kappa shape index (κ1) is 20.0.